The predicted molar refractivity (Wildman–Crippen MR) is 62.3 cm³/mol. The lowest BCUT2D eigenvalue weighted by atomic mass is 9.98. The highest BCUT2D eigenvalue weighted by molar-refractivity contribution is 5.35. The molecule has 0 aromatic heterocycles. The van der Waals surface area contributed by atoms with Gasteiger partial charge in [0.25, 0.3) is 0 Å². The number of ether oxygens (including phenoxy) is 1. The van der Waals surface area contributed by atoms with Crippen LogP contribution in [0.4, 0.5) is 0 Å². The van der Waals surface area contributed by atoms with Crippen LogP contribution in [0.3, 0.4) is 0 Å². The smallest absolute Gasteiger partial charge is 0.122 e. The summed E-state index contributed by atoms with van der Waals surface area (Å²) in [5, 5.41) is 8.69. The first kappa shape index (κ1) is 12.1. The molecule has 15 heavy (non-hydrogen) atoms. The summed E-state index contributed by atoms with van der Waals surface area (Å²) in [6, 6.07) is 8.14. The molecule has 0 spiro atoms. The highest BCUT2D eigenvalue weighted by Crippen LogP contribution is 2.28. The third-order valence-corrected chi connectivity index (χ3v) is 2.62. The third kappa shape index (κ3) is 3.56. The second kappa shape index (κ2) is 6.46. The highest BCUT2D eigenvalue weighted by atomic mass is 16.5. The number of benzene rings is 1. The molecule has 0 heterocycles. The molecule has 1 aromatic rings. The van der Waals surface area contributed by atoms with Crippen molar-refractivity contribution in [1.29, 1.82) is 0 Å². The van der Waals surface area contributed by atoms with Gasteiger partial charge in [-0.2, -0.15) is 0 Å². The van der Waals surface area contributed by atoms with Gasteiger partial charge in [0.05, 0.1) is 6.61 Å². The van der Waals surface area contributed by atoms with Gasteiger partial charge in [-0.3, -0.25) is 0 Å². The van der Waals surface area contributed by atoms with Gasteiger partial charge in [-0.25, -0.2) is 0 Å². The minimum Gasteiger partial charge on any atom is -0.493 e. The van der Waals surface area contributed by atoms with Crippen LogP contribution in [0.25, 0.3) is 0 Å². The molecule has 0 aliphatic rings. The largest absolute Gasteiger partial charge is 0.493 e. The summed E-state index contributed by atoms with van der Waals surface area (Å²) in [5.74, 6) is 1.48. The van der Waals surface area contributed by atoms with Crippen molar-refractivity contribution in [3.05, 3.63) is 29.8 Å². The number of para-hydroxylation sites is 1. The quantitative estimate of drug-likeness (QED) is 0.728. The van der Waals surface area contributed by atoms with Gasteiger partial charge in [0.2, 0.25) is 0 Å². The van der Waals surface area contributed by atoms with E-state index in [9.17, 15) is 0 Å². The lowest BCUT2D eigenvalue weighted by Crippen LogP contribution is -2.03. The predicted octanol–water partition coefficient (Wildman–Crippen LogP) is 2.96. The van der Waals surface area contributed by atoms with E-state index < -0.39 is 0 Å². The molecule has 1 N–H and O–H groups in total. The second-order valence-electron chi connectivity index (χ2n) is 3.77. The summed E-state index contributed by atoms with van der Waals surface area (Å²) < 4.78 is 5.64. The van der Waals surface area contributed by atoms with Gasteiger partial charge in [0.15, 0.2) is 0 Å². The number of hydrogen-bond acceptors (Lipinski definition) is 2. The van der Waals surface area contributed by atoms with E-state index >= 15 is 0 Å². The molecule has 0 saturated carbocycles. The maximum absolute atomic E-state index is 8.69. The van der Waals surface area contributed by atoms with Crippen molar-refractivity contribution in [2.24, 2.45) is 0 Å². The van der Waals surface area contributed by atoms with E-state index in [1.54, 1.807) is 0 Å². The monoisotopic (exact) mass is 208 g/mol. The van der Waals surface area contributed by atoms with Crippen LogP contribution >= 0.6 is 0 Å². The molecule has 0 aliphatic carbocycles. The highest BCUT2D eigenvalue weighted by Gasteiger charge is 2.08. The van der Waals surface area contributed by atoms with Crippen molar-refractivity contribution in [1.82, 2.24) is 0 Å². The Morgan fingerprint density at radius 2 is 2.07 bits per heavy atom. The Balaban J connectivity index is 2.68. The van der Waals surface area contributed by atoms with E-state index in [1.807, 2.05) is 18.2 Å². The van der Waals surface area contributed by atoms with E-state index in [0.29, 0.717) is 18.9 Å². The van der Waals surface area contributed by atoms with Gasteiger partial charge >= 0.3 is 0 Å². The summed E-state index contributed by atoms with van der Waals surface area (Å²) in [4.78, 5) is 0. The van der Waals surface area contributed by atoms with E-state index in [1.165, 1.54) is 5.56 Å². The van der Waals surface area contributed by atoms with Crippen molar-refractivity contribution in [2.45, 2.75) is 32.6 Å². The lowest BCUT2D eigenvalue weighted by molar-refractivity contribution is 0.232. The summed E-state index contributed by atoms with van der Waals surface area (Å²) in [5.41, 5.74) is 1.26. The molecule has 0 bridgehead atoms. The molecule has 2 nitrogen and oxygen atoms in total. The Bertz CT molecular complexity index is 284. The maximum atomic E-state index is 8.69. The van der Waals surface area contributed by atoms with Crippen LogP contribution in [0.2, 0.25) is 0 Å². The lowest BCUT2D eigenvalue weighted by Gasteiger charge is -2.15. The van der Waals surface area contributed by atoms with E-state index in [4.69, 9.17) is 9.84 Å². The molecule has 1 rings (SSSR count). The number of aliphatic hydroxyl groups is 1. The van der Waals surface area contributed by atoms with Crippen LogP contribution in [0.5, 0.6) is 5.75 Å². The molecule has 0 fully saturated rings. The van der Waals surface area contributed by atoms with Gasteiger partial charge < -0.3 is 9.84 Å². The fourth-order valence-corrected chi connectivity index (χ4v) is 1.49. The zero-order valence-electron chi connectivity index (χ0n) is 9.57. The second-order valence-corrected chi connectivity index (χ2v) is 3.77. The van der Waals surface area contributed by atoms with Crippen LogP contribution in [0.15, 0.2) is 24.3 Å². The standard InChI is InChI=1S/C13H20O2/c1-3-11(2)12-7-4-5-8-13(12)15-10-6-9-14/h4-5,7-8,11,14H,3,6,9-10H2,1-2H3. The summed E-state index contributed by atoms with van der Waals surface area (Å²) >= 11 is 0. The van der Waals surface area contributed by atoms with E-state index in [2.05, 4.69) is 19.9 Å². The van der Waals surface area contributed by atoms with Gasteiger partial charge in [-0.15, -0.1) is 0 Å². The number of hydrogen-bond donors (Lipinski definition) is 1. The minimum atomic E-state index is 0.186. The van der Waals surface area contributed by atoms with Crippen LogP contribution in [-0.4, -0.2) is 18.3 Å². The molecule has 0 radical (unpaired) electrons. The maximum Gasteiger partial charge on any atom is 0.122 e. The molecule has 84 valence electrons. The van der Waals surface area contributed by atoms with Crippen molar-refractivity contribution in [2.75, 3.05) is 13.2 Å². The van der Waals surface area contributed by atoms with Crippen LogP contribution < -0.4 is 4.74 Å². The Morgan fingerprint density at radius 3 is 2.73 bits per heavy atom. The van der Waals surface area contributed by atoms with Crippen molar-refractivity contribution in [3.63, 3.8) is 0 Å². The molecular weight excluding hydrogens is 188 g/mol. The normalized spacial score (nSPS) is 12.5. The first-order valence-corrected chi connectivity index (χ1v) is 5.62. The first-order chi connectivity index (χ1) is 7.29. The Kier molecular flexibility index (Phi) is 5.19. The molecule has 1 atom stereocenters. The zero-order valence-corrected chi connectivity index (χ0v) is 9.57. The number of aliphatic hydroxyl groups excluding tert-OH is 1. The topological polar surface area (TPSA) is 29.5 Å². The van der Waals surface area contributed by atoms with Crippen LogP contribution in [-0.2, 0) is 0 Å². The van der Waals surface area contributed by atoms with Crippen LogP contribution in [0.1, 0.15) is 38.2 Å². The fourth-order valence-electron chi connectivity index (χ4n) is 1.49. The average Bonchev–Trinajstić information content (AvgIpc) is 2.29. The molecular formula is C13H20O2. The molecule has 0 amide bonds. The van der Waals surface area contributed by atoms with Crippen molar-refractivity contribution < 1.29 is 9.84 Å². The SMILES string of the molecule is CCC(C)c1ccccc1OCCCO. The Morgan fingerprint density at radius 1 is 1.33 bits per heavy atom. The minimum absolute atomic E-state index is 0.186. The molecule has 0 saturated heterocycles. The Labute approximate surface area is 91.9 Å². The molecule has 1 aromatic carbocycles. The van der Waals surface area contributed by atoms with Crippen molar-refractivity contribution >= 4 is 0 Å². The van der Waals surface area contributed by atoms with Gasteiger partial charge in [0, 0.05) is 13.0 Å². The Hall–Kier alpha value is -1.02. The van der Waals surface area contributed by atoms with Crippen LogP contribution in [0, 0.1) is 0 Å². The zero-order chi connectivity index (χ0) is 11.1. The third-order valence-electron chi connectivity index (χ3n) is 2.62. The summed E-state index contributed by atoms with van der Waals surface area (Å²) in [7, 11) is 0. The molecule has 0 aliphatic heterocycles. The molecule has 1 unspecified atom stereocenters. The summed E-state index contributed by atoms with van der Waals surface area (Å²) in [6.45, 7) is 5.15. The van der Waals surface area contributed by atoms with E-state index in [-0.39, 0.29) is 6.61 Å². The van der Waals surface area contributed by atoms with E-state index in [0.717, 1.165) is 12.2 Å². The average molecular weight is 208 g/mol. The number of rotatable bonds is 6. The van der Waals surface area contributed by atoms with Crippen molar-refractivity contribution in [3.8, 4) is 5.75 Å². The van der Waals surface area contributed by atoms with Gasteiger partial charge in [-0.1, -0.05) is 32.0 Å². The summed E-state index contributed by atoms with van der Waals surface area (Å²) in [6.07, 6.45) is 1.80. The van der Waals surface area contributed by atoms with Gasteiger partial charge in [-0.05, 0) is 24.0 Å². The fraction of sp³-hybridized carbons (Fsp3) is 0.538. The van der Waals surface area contributed by atoms with Gasteiger partial charge in [0.1, 0.15) is 5.75 Å². The first-order valence-electron chi connectivity index (χ1n) is 5.62. The molecule has 2 heteroatoms.